The van der Waals surface area contributed by atoms with Gasteiger partial charge in [0.15, 0.2) is 5.96 Å². The quantitative estimate of drug-likeness (QED) is 0.752. The molecular formula is C15H31N3. The van der Waals surface area contributed by atoms with Crippen molar-refractivity contribution in [3.63, 3.8) is 0 Å². The fourth-order valence-electron chi connectivity index (χ4n) is 2.25. The van der Waals surface area contributed by atoms with Crippen molar-refractivity contribution in [2.75, 3.05) is 20.6 Å². The van der Waals surface area contributed by atoms with E-state index in [9.17, 15) is 0 Å². The summed E-state index contributed by atoms with van der Waals surface area (Å²) in [6, 6.07) is 0. The molecule has 1 rings (SSSR count). The third-order valence-electron chi connectivity index (χ3n) is 4.89. The van der Waals surface area contributed by atoms with Gasteiger partial charge in [-0.1, -0.05) is 20.8 Å². The molecule has 0 bridgehead atoms. The second-order valence-corrected chi connectivity index (χ2v) is 7.73. The normalized spacial score (nSPS) is 22.6. The lowest BCUT2D eigenvalue weighted by molar-refractivity contribution is 0.134. The maximum atomic E-state index is 4.83. The van der Waals surface area contributed by atoms with Gasteiger partial charge in [0.05, 0.1) is 11.1 Å². The zero-order chi connectivity index (χ0) is 14.4. The third kappa shape index (κ3) is 2.50. The maximum Gasteiger partial charge on any atom is 0.197 e. The van der Waals surface area contributed by atoms with Crippen LogP contribution in [0.4, 0.5) is 0 Å². The monoisotopic (exact) mass is 253 g/mol. The highest BCUT2D eigenvalue weighted by molar-refractivity contribution is 5.84. The molecule has 0 amide bonds. The second kappa shape index (κ2) is 4.43. The third-order valence-corrected chi connectivity index (χ3v) is 4.89. The second-order valence-electron chi connectivity index (χ2n) is 7.73. The van der Waals surface area contributed by atoms with Gasteiger partial charge in [-0.25, -0.2) is 0 Å². The molecule has 1 saturated heterocycles. The Morgan fingerprint density at radius 2 is 1.33 bits per heavy atom. The molecule has 106 valence electrons. The standard InChI is InChI=1S/C15H31N3/c1-13(2,3)10-11-16-12-17(8)14(4,5)15(6,7)18(12)9/h10-11H2,1-9H3. The van der Waals surface area contributed by atoms with Crippen LogP contribution in [0.15, 0.2) is 4.99 Å². The number of rotatable bonds is 2. The molecule has 1 heterocycles. The Labute approximate surface area is 113 Å². The maximum absolute atomic E-state index is 4.83. The fraction of sp³-hybridized carbons (Fsp3) is 0.933. The Morgan fingerprint density at radius 3 is 1.67 bits per heavy atom. The number of likely N-dealkylation sites (N-methyl/N-ethyl adjacent to an activating group) is 2. The van der Waals surface area contributed by atoms with Crippen LogP contribution in [-0.2, 0) is 0 Å². The van der Waals surface area contributed by atoms with Gasteiger partial charge in [0, 0.05) is 20.6 Å². The zero-order valence-corrected chi connectivity index (χ0v) is 13.8. The lowest BCUT2D eigenvalue weighted by Gasteiger charge is -2.40. The van der Waals surface area contributed by atoms with Gasteiger partial charge >= 0.3 is 0 Å². The SMILES string of the molecule is CN1C(=NCCC(C)(C)C)N(C)C(C)(C)C1(C)C. The van der Waals surface area contributed by atoms with E-state index in [1.54, 1.807) is 0 Å². The van der Waals surface area contributed by atoms with Crippen LogP contribution in [-0.4, -0.2) is 47.5 Å². The van der Waals surface area contributed by atoms with Crippen LogP contribution in [0.3, 0.4) is 0 Å². The summed E-state index contributed by atoms with van der Waals surface area (Å²) in [5.74, 6) is 1.12. The van der Waals surface area contributed by atoms with E-state index < -0.39 is 0 Å². The number of guanidine groups is 1. The van der Waals surface area contributed by atoms with E-state index in [1.165, 1.54) is 0 Å². The van der Waals surface area contributed by atoms with E-state index in [0.29, 0.717) is 5.41 Å². The molecule has 0 saturated carbocycles. The molecule has 0 spiro atoms. The van der Waals surface area contributed by atoms with Crippen LogP contribution in [0.1, 0.15) is 54.9 Å². The molecule has 0 aromatic carbocycles. The molecule has 0 N–H and O–H groups in total. The smallest absolute Gasteiger partial charge is 0.197 e. The number of hydrogen-bond acceptors (Lipinski definition) is 1. The molecule has 0 atom stereocenters. The first kappa shape index (κ1) is 15.3. The predicted molar refractivity (Wildman–Crippen MR) is 80.1 cm³/mol. The van der Waals surface area contributed by atoms with Crippen LogP contribution >= 0.6 is 0 Å². The first-order valence-corrected chi connectivity index (χ1v) is 6.93. The van der Waals surface area contributed by atoms with Gasteiger partial charge in [-0.05, 0) is 39.5 Å². The minimum atomic E-state index is 0.0995. The lowest BCUT2D eigenvalue weighted by Crippen LogP contribution is -2.52. The lowest BCUT2D eigenvalue weighted by atomic mass is 9.83. The number of hydrogen-bond donors (Lipinski definition) is 0. The van der Waals surface area contributed by atoms with Crippen molar-refractivity contribution in [2.24, 2.45) is 10.4 Å². The summed E-state index contributed by atoms with van der Waals surface area (Å²) in [5.41, 5.74) is 0.551. The molecular weight excluding hydrogens is 222 g/mol. The Balaban J connectivity index is 2.88. The number of nitrogens with zero attached hydrogens (tertiary/aromatic N) is 3. The van der Waals surface area contributed by atoms with Crippen molar-refractivity contribution < 1.29 is 0 Å². The van der Waals surface area contributed by atoms with Crippen LogP contribution in [0.5, 0.6) is 0 Å². The average molecular weight is 253 g/mol. The van der Waals surface area contributed by atoms with E-state index in [4.69, 9.17) is 4.99 Å². The molecule has 0 aromatic rings. The van der Waals surface area contributed by atoms with Gasteiger partial charge in [0.2, 0.25) is 0 Å². The Morgan fingerprint density at radius 1 is 0.944 bits per heavy atom. The van der Waals surface area contributed by atoms with E-state index in [0.717, 1.165) is 18.9 Å². The summed E-state index contributed by atoms with van der Waals surface area (Å²) in [4.78, 5) is 9.46. The summed E-state index contributed by atoms with van der Waals surface area (Å²) < 4.78 is 0. The summed E-state index contributed by atoms with van der Waals surface area (Å²) in [6.07, 6.45) is 1.12. The van der Waals surface area contributed by atoms with Crippen molar-refractivity contribution in [3.05, 3.63) is 0 Å². The average Bonchev–Trinajstić information content (AvgIpc) is 2.29. The zero-order valence-electron chi connectivity index (χ0n) is 13.8. The molecule has 0 radical (unpaired) electrons. The van der Waals surface area contributed by atoms with Gasteiger partial charge in [0.1, 0.15) is 0 Å². The molecule has 1 aliphatic heterocycles. The van der Waals surface area contributed by atoms with Crippen molar-refractivity contribution in [1.82, 2.24) is 9.80 Å². The highest BCUT2D eigenvalue weighted by atomic mass is 15.5. The van der Waals surface area contributed by atoms with Crippen molar-refractivity contribution in [3.8, 4) is 0 Å². The Hall–Kier alpha value is -0.730. The van der Waals surface area contributed by atoms with Crippen molar-refractivity contribution in [2.45, 2.75) is 66.0 Å². The minimum Gasteiger partial charge on any atom is -0.338 e. The van der Waals surface area contributed by atoms with Crippen LogP contribution in [0, 0.1) is 5.41 Å². The van der Waals surface area contributed by atoms with E-state index in [-0.39, 0.29) is 11.1 Å². The van der Waals surface area contributed by atoms with Gasteiger partial charge in [-0.2, -0.15) is 0 Å². The molecule has 3 heteroatoms. The van der Waals surface area contributed by atoms with Crippen molar-refractivity contribution in [1.29, 1.82) is 0 Å². The summed E-state index contributed by atoms with van der Waals surface area (Å²) in [5, 5.41) is 0. The van der Waals surface area contributed by atoms with E-state index in [1.807, 2.05) is 0 Å². The van der Waals surface area contributed by atoms with Gasteiger partial charge in [-0.15, -0.1) is 0 Å². The van der Waals surface area contributed by atoms with Gasteiger partial charge in [0.25, 0.3) is 0 Å². The number of aliphatic imine (C=N–C) groups is 1. The minimum absolute atomic E-state index is 0.0995. The van der Waals surface area contributed by atoms with Gasteiger partial charge < -0.3 is 9.80 Å². The first-order valence-electron chi connectivity index (χ1n) is 6.93. The molecule has 0 aliphatic carbocycles. The van der Waals surface area contributed by atoms with Crippen LogP contribution in [0.25, 0.3) is 0 Å². The molecule has 0 unspecified atom stereocenters. The highest BCUT2D eigenvalue weighted by Gasteiger charge is 2.52. The van der Waals surface area contributed by atoms with E-state index >= 15 is 0 Å². The molecule has 1 fully saturated rings. The van der Waals surface area contributed by atoms with Crippen molar-refractivity contribution >= 4 is 5.96 Å². The topological polar surface area (TPSA) is 18.8 Å². The van der Waals surface area contributed by atoms with Crippen LogP contribution in [0.2, 0.25) is 0 Å². The van der Waals surface area contributed by atoms with Crippen LogP contribution < -0.4 is 0 Å². The predicted octanol–water partition coefficient (Wildman–Crippen LogP) is 3.21. The Bertz CT molecular complexity index is 312. The summed E-state index contributed by atoms with van der Waals surface area (Å²) in [6.45, 7) is 16.9. The Kier molecular flexibility index (Phi) is 3.77. The molecule has 0 aromatic heterocycles. The largest absolute Gasteiger partial charge is 0.338 e. The fourth-order valence-corrected chi connectivity index (χ4v) is 2.25. The summed E-state index contributed by atoms with van der Waals surface area (Å²) in [7, 11) is 4.31. The first-order chi connectivity index (χ1) is 7.91. The highest BCUT2D eigenvalue weighted by Crippen LogP contribution is 2.39. The molecule has 1 aliphatic rings. The van der Waals surface area contributed by atoms with E-state index in [2.05, 4.69) is 72.4 Å². The summed E-state index contributed by atoms with van der Waals surface area (Å²) >= 11 is 0. The molecule has 3 nitrogen and oxygen atoms in total. The molecule has 18 heavy (non-hydrogen) atoms. The van der Waals surface area contributed by atoms with Gasteiger partial charge in [-0.3, -0.25) is 4.99 Å².